The molecule has 0 aliphatic carbocycles. The molecular formula is C23H42N4O2. The van der Waals surface area contributed by atoms with Crippen molar-refractivity contribution >= 4 is 5.96 Å². The van der Waals surface area contributed by atoms with E-state index in [0.717, 1.165) is 50.5 Å². The Morgan fingerprint density at radius 2 is 1.83 bits per heavy atom. The fourth-order valence-corrected chi connectivity index (χ4v) is 3.11. The van der Waals surface area contributed by atoms with Gasteiger partial charge in [0.05, 0.1) is 25.4 Å². The maximum Gasteiger partial charge on any atom is 0.191 e. The SMILES string of the molecule is CCNC(=NCC(O)COC(C)c1ccccc1)NC(C)CCCN(CC)CC. The lowest BCUT2D eigenvalue weighted by atomic mass is 10.1. The first-order valence-electron chi connectivity index (χ1n) is 11.1. The normalized spacial score (nSPS) is 15.2. The number of aliphatic imine (C=N–C) groups is 1. The van der Waals surface area contributed by atoms with Gasteiger partial charge in [0.25, 0.3) is 0 Å². The number of nitrogens with zero attached hydrogens (tertiary/aromatic N) is 2. The molecule has 0 fully saturated rings. The summed E-state index contributed by atoms with van der Waals surface area (Å²) >= 11 is 0. The zero-order valence-electron chi connectivity index (χ0n) is 19.0. The molecule has 0 aliphatic rings. The maximum atomic E-state index is 10.3. The summed E-state index contributed by atoms with van der Waals surface area (Å²) in [6, 6.07) is 10.4. The number of benzene rings is 1. The van der Waals surface area contributed by atoms with Crippen molar-refractivity contribution in [2.45, 2.75) is 65.7 Å². The Bertz CT molecular complexity index is 549. The molecule has 166 valence electrons. The van der Waals surface area contributed by atoms with E-state index in [0.29, 0.717) is 12.6 Å². The molecule has 0 bridgehead atoms. The monoisotopic (exact) mass is 406 g/mol. The Hall–Kier alpha value is -1.63. The second-order valence-electron chi connectivity index (χ2n) is 7.47. The van der Waals surface area contributed by atoms with Crippen molar-refractivity contribution < 1.29 is 9.84 Å². The first-order chi connectivity index (χ1) is 14.0. The summed E-state index contributed by atoms with van der Waals surface area (Å²) in [4.78, 5) is 6.98. The van der Waals surface area contributed by atoms with Crippen molar-refractivity contribution in [3.63, 3.8) is 0 Å². The van der Waals surface area contributed by atoms with Crippen LogP contribution in [0.2, 0.25) is 0 Å². The van der Waals surface area contributed by atoms with Crippen LogP contribution in [0.3, 0.4) is 0 Å². The van der Waals surface area contributed by atoms with E-state index in [1.54, 1.807) is 0 Å². The third kappa shape index (κ3) is 11.2. The van der Waals surface area contributed by atoms with Gasteiger partial charge in [-0.3, -0.25) is 4.99 Å². The largest absolute Gasteiger partial charge is 0.389 e. The summed E-state index contributed by atoms with van der Waals surface area (Å²) in [6.45, 7) is 15.3. The molecule has 0 aliphatic heterocycles. The highest BCUT2D eigenvalue weighted by Gasteiger charge is 2.11. The lowest BCUT2D eigenvalue weighted by Gasteiger charge is -2.21. The van der Waals surface area contributed by atoms with Gasteiger partial charge in [-0.05, 0) is 58.8 Å². The second kappa shape index (κ2) is 15.2. The summed E-state index contributed by atoms with van der Waals surface area (Å²) in [5, 5.41) is 17.0. The topological polar surface area (TPSA) is 69.1 Å². The number of rotatable bonds is 14. The van der Waals surface area contributed by atoms with Gasteiger partial charge in [0.2, 0.25) is 0 Å². The minimum Gasteiger partial charge on any atom is -0.389 e. The van der Waals surface area contributed by atoms with Gasteiger partial charge in [-0.2, -0.15) is 0 Å². The van der Waals surface area contributed by atoms with Crippen LogP contribution in [-0.2, 0) is 4.74 Å². The molecule has 3 atom stereocenters. The number of guanidine groups is 1. The number of aliphatic hydroxyl groups is 1. The van der Waals surface area contributed by atoms with E-state index in [1.807, 2.05) is 44.2 Å². The van der Waals surface area contributed by atoms with Gasteiger partial charge in [0.15, 0.2) is 5.96 Å². The number of ether oxygens (including phenoxy) is 1. The zero-order valence-corrected chi connectivity index (χ0v) is 19.0. The molecule has 1 rings (SSSR count). The lowest BCUT2D eigenvalue weighted by molar-refractivity contribution is 0.00111. The van der Waals surface area contributed by atoms with Crippen LogP contribution in [0.4, 0.5) is 0 Å². The van der Waals surface area contributed by atoms with E-state index in [2.05, 4.69) is 41.3 Å². The van der Waals surface area contributed by atoms with Gasteiger partial charge in [0, 0.05) is 12.6 Å². The van der Waals surface area contributed by atoms with Crippen LogP contribution >= 0.6 is 0 Å². The van der Waals surface area contributed by atoms with Crippen LogP contribution in [0, 0.1) is 0 Å². The molecule has 0 saturated heterocycles. The first-order valence-corrected chi connectivity index (χ1v) is 11.1. The summed E-state index contributed by atoms with van der Waals surface area (Å²) in [5.74, 6) is 0.748. The van der Waals surface area contributed by atoms with Crippen molar-refractivity contribution in [2.24, 2.45) is 4.99 Å². The van der Waals surface area contributed by atoms with Gasteiger partial charge >= 0.3 is 0 Å². The number of hydrogen-bond donors (Lipinski definition) is 3. The summed E-state index contributed by atoms with van der Waals surface area (Å²) in [7, 11) is 0. The van der Waals surface area contributed by atoms with Gasteiger partial charge in [-0.25, -0.2) is 0 Å². The highest BCUT2D eigenvalue weighted by molar-refractivity contribution is 5.80. The van der Waals surface area contributed by atoms with E-state index in [1.165, 1.54) is 0 Å². The van der Waals surface area contributed by atoms with E-state index >= 15 is 0 Å². The third-order valence-electron chi connectivity index (χ3n) is 5.00. The van der Waals surface area contributed by atoms with E-state index in [-0.39, 0.29) is 12.7 Å². The highest BCUT2D eigenvalue weighted by Crippen LogP contribution is 2.15. The summed E-state index contributed by atoms with van der Waals surface area (Å²) < 4.78 is 5.80. The van der Waals surface area contributed by atoms with E-state index in [9.17, 15) is 5.11 Å². The zero-order chi connectivity index (χ0) is 21.5. The average molecular weight is 407 g/mol. The molecule has 6 heteroatoms. The molecule has 0 amide bonds. The molecule has 0 saturated carbocycles. The van der Waals surface area contributed by atoms with Gasteiger partial charge < -0.3 is 25.4 Å². The Kier molecular flexibility index (Phi) is 13.4. The molecule has 0 heterocycles. The maximum absolute atomic E-state index is 10.3. The predicted molar refractivity (Wildman–Crippen MR) is 122 cm³/mol. The minimum absolute atomic E-state index is 0.0491. The van der Waals surface area contributed by atoms with Crippen LogP contribution in [0.5, 0.6) is 0 Å². The molecule has 1 aromatic rings. The Morgan fingerprint density at radius 3 is 2.45 bits per heavy atom. The fraction of sp³-hybridized carbons (Fsp3) is 0.696. The fourth-order valence-electron chi connectivity index (χ4n) is 3.11. The minimum atomic E-state index is -0.630. The summed E-state index contributed by atoms with van der Waals surface area (Å²) in [6.07, 6.45) is 1.56. The van der Waals surface area contributed by atoms with E-state index < -0.39 is 6.10 Å². The predicted octanol–water partition coefficient (Wildman–Crippen LogP) is 3.19. The van der Waals surface area contributed by atoms with Gasteiger partial charge in [-0.15, -0.1) is 0 Å². The average Bonchev–Trinajstić information content (AvgIpc) is 2.74. The van der Waals surface area contributed by atoms with Crippen molar-refractivity contribution in [3.8, 4) is 0 Å². The smallest absolute Gasteiger partial charge is 0.191 e. The van der Waals surface area contributed by atoms with Crippen molar-refractivity contribution in [2.75, 3.05) is 39.3 Å². The van der Waals surface area contributed by atoms with Crippen LogP contribution in [-0.4, -0.2) is 67.4 Å². The molecule has 0 spiro atoms. The Balaban J connectivity index is 2.39. The van der Waals surface area contributed by atoms with Crippen LogP contribution in [0.25, 0.3) is 0 Å². The van der Waals surface area contributed by atoms with Gasteiger partial charge in [0.1, 0.15) is 0 Å². The molecule has 29 heavy (non-hydrogen) atoms. The first kappa shape index (κ1) is 25.4. The molecule has 3 N–H and O–H groups in total. The third-order valence-corrected chi connectivity index (χ3v) is 5.00. The molecule has 0 aromatic heterocycles. The quantitative estimate of drug-likeness (QED) is 0.327. The van der Waals surface area contributed by atoms with Crippen LogP contribution in [0.15, 0.2) is 35.3 Å². The highest BCUT2D eigenvalue weighted by atomic mass is 16.5. The number of aliphatic hydroxyl groups excluding tert-OH is 1. The molecule has 6 nitrogen and oxygen atoms in total. The van der Waals surface area contributed by atoms with Gasteiger partial charge in [-0.1, -0.05) is 44.2 Å². The van der Waals surface area contributed by atoms with Crippen LogP contribution in [0.1, 0.15) is 59.1 Å². The Labute approximate surface area is 177 Å². The van der Waals surface area contributed by atoms with Crippen molar-refractivity contribution in [1.82, 2.24) is 15.5 Å². The molecule has 1 aromatic carbocycles. The molecule has 0 radical (unpaired) electrons. The Morgan fingerprint density at radius 1 is 1.14 bits per heavy atom. The standard InChI is InChI=1S/C23H42N4O2/c1-6-24-23(26-19(4)13-12-16-27(7-2)8-3)25-17-22(28)18-29-20(5)21-14-10-9-11-15-21/h9-11,14-15,19-20,22,28H,6-8,12-13,16-18H2,1-5H3,(H2,24,25,26). The van der Waals surface area contributed by atoms with Crippen LogP contribution < -0.4 is 10.6 Å². The molecular weight excluding hydrogens is 364 g/mol. The second-order valence-corrected chi connectivity index (χ2v) is 7.47. The number of hydrogen-bond acceptors (Lipinski definition) is 4. The number of nitrogens with one attached hydrogen (secondary N) is 2. The summed E-state index contributed by atoms with van der Waals surface area (Å²) in [5.41, 5.74) is 1.11. The molecule has 3 unspecified atom stereocenters. The van der Waals surface area contributed by atoms with Crippen molar-refractivity contribution in [3.05, 3.63) is 35.9 Å². The van der Waals surface area contributed by atoms with Crippen molar-refractivity contribution in [1.29, 1.82) is 0 Å². The lowest BCUT2D eigenvalue weighted by Crippen LogP contribution is -2.43. The van der Waals surface area contributed by atoms with E-state index in [4.69, 9.17) is 4.74 Å².